The molecule has 0 spiro atoms. The number of rotatable bonds is 6. The molecule has 1 atom stereocenters. The molecule has 1 aliphatic heterocycles. The first-order valence-electron chi connectivity index (χ1n) is 9.96. The predicted molar refractivity (Wildman–Crippen MR) is 115 cm³/mol. The van der Waals surface area contributed by atoms with E-state index in [9.17, 15) is 8.78 Å². The summed E-state index contributed by atoms with van der Waals surface area (Å²) in [5.41, 5.74) is 3.12. The molecule has 0 saturated carbocycles. The first-order chi connectivity index (χ1) is 14.6. The van der Waals surface area contributed by atoms with Crippen molar-refractivity contribution in [3.05, 3.63) is 82.5 Å². The number of halogens is 3. The Kier molecular flexibility index (Phi) is 6.09. The summed E-state index contributed by atoms with van der Waals surface area (Å²) in [4.78, 5) is 8.90. The molecular formula is C24H21ClF2N2O. The van der Waals surface area contributed by atoms with Crippen molar-refractivity contribution in [1.82, 2.24) is 4.98 Å². The predicted octanol–water partition coefficient (Wildman–Crippen LogP) is 6.79. The van der Waals surface area contributed by atoms with Crippen LogP contribution < -0.4 is 4.74 Å². The summed E-state index contributed by atoms with van der Waals surface area (Å²) in [7, 11) is 0. The number of hydrogen-bond acceptors (Lipinski definition) is 3. The standard InChI is InChI=1S/C24H21ClF2N2O/c1-2-12-30-23-11-7-16(14-28-23)15-6-8-17(18(25)13-15)21-9-10-22(29-21)24-19(26)4-3-5-20(24)27/h3-8,11,13-14,21H,2,9-10,12H2,1H3/t21-/m1/s1. The van der Waals surface area contributed by atoms with Crippen LogP contribution in [0.5, 0.6) is 5.88 Å². The Morgan fingerprint density at radius 3 is 2.50 bits per heavy atom. The molecule has 0 amide bonds. The molecule has 6 heteroatoms. The Morgan fingerprint density at radius 2 is 1.83 bits per heavy atom. The smallest absolute Gasteiger partial charge is 0.213 e. The maximum Gasteiger partial charge on any atom is 0.213 e. The molecule has 0 saturated heterocycles. The van der Waals surface area contributed by atoms with Gasteiger partial charge in [0.2, 0.25) is 5.88 Å². The molecule has 4 rings (SSSR count). The van der Waals surface area contributed by atoms with Crippen molar-refractivity contribution < 1.29 is 13.5 Å². The monoisotopic (exact) mass is 426 g/mol. The summed E-state index contributed by atoms with van der Waals surface area (Å²) < 4.78 is 33.7. The van der Waals surface area contributed by atoms with Crippen molar-refractivity contribution >= 4 is 17.3 Å². The van der Waals surface area contributed by atoms with Gasteiger partial charge in [0, 0.05) is 28.6 Å². The second-order valence-electron chi connectivity index (χ2n) is 7.20. The third-order valence-electron chi connectivity index (χ3n) is 5.10. The van der Waals surface area contributed by atoms with Crippen LogP contribution in [0.15, 0.2) is 59.7 Å². The summed E-state index contributed by atoms with van der Waals surface area (Å²) >= 11 is 6.55. The Balaban J connectivity index is 1.56. The van der Waals surface area contributed by atoms with Crippen molar-refractivity contribution in [2.45, 2.75) is 32.2 Å². The fourth-order valence-electron chi connectivity index (χ4n) is 3.60. The van der Waals surface area contributed by atoms with Crippen molar-refractivity contribution in [3.8, 4) is 17.0 Å². The van der Waals surface area contributed by atoms with Gasteiger partial charge in [-0.1, -0.05) is 36.7 Å². The molecule has 3 nitrogen and oxygen atoms in total. The van der Waals surface area contributed by atoms with Gasteiger partial charge < -0.3 is 4.74 Å². The first-order valence-corrected chi connectivity index (χ1v) is 10.3. The second-order valence-corrected chi connectivity index (χ2v) is 7.60. The zero-order valence-corrected chi connectivity index (χ0v) is 17.3. The molecule has 2 heterocycles. The minimum Gasteiger partial charge on any atom is -0.478 e. The van der Waals surface area contributed by atoms with Gasteiger partial charge in [0.15, 0.2) is 0 Å². The van der Waals surface area contributed by atoms with Crippen LogP contribution >= 0.6 is 11.6 Å². The average molecular weight is 427 g/mol. The summed E-state index contributed by atoms with van der Waals surface area (Å²) in [6.07, 6.45) is 3.84. The normalized spacial score (nSPS) is 15.9. The third kappa shape index (κ3) is 4.21. The van der Waals surface area contributed by atoms with Gasteiger partial charge in [-0.2, -0.15) is 0 Å². The molecule has 0 aliphatic carbocycles. The second kappa shape index (κ2) is 8.92. The summed E-state index contributed by atoms with van der Waals surface area (Å²) in [5.74, 6) is -0.582. The number of benzene rings is 2. The molecule has 0 unspecified atom stereocenters. The van der Waals surface area contributed by atoms with Crippen LogP contribution in [0.25, 0.3) is 11.1 Å². The van der Waals surface area contributed by atoms with Crippen LogP contribution in [-0.4, -0.2) is 17.3 Å². The zero-order chi connectivity index (χ0) is 21.1. The van der Waals surface area contributed by atoms with E-state index >= 15 is 0 Å². The summed E-state index contributed by atoms with van der Waals surface area (Å²) in [5, 5.41) is 0.572. The van der Waals surface area contributed by atoms with E-state index in [4.69, 9.17) is 16.3 Å². The van der Waals surface area contributed by atoms with Crippen molar-refractivity contribution in [3.63, 3.8) is 0 Å². The molecule has 2 aromatic carbocycles. The van der Waals surface area contributed by atoms with Gasteiger partial charge in [0.1, 0.15) is 11.6 Å². The zero-order valence-electron chi connectivity index (χ0n) is 16.5. The van der Waals surface area contributed by atoms with Gasteiger partial charge in [-0.25, -0.2) is 13.8 Å². The van der Waals surface area contributed by atoms with Crippen LogP contribution in [0, 0.1) is 11.6 Å². The fourth-order valence-corrected chi connectivity index (χ4v) is 3.91. The molecule has 0 N–H and O–H groups in total. The third-order valence-corrected chi connectivity index (χ3v) is 5.43. The Morgan fingerprint density at radius 1 is 1.07 bits per heavy atom. The lowest BCUT2D eigenvalue weighted by Gasteiger charge is -2.12. The van der Waals surface area contributed by atoms with Crippen molar-refractivity contribution in [2.75, 3.05) is 6.61 Å². The molecule has 3 aromatic rings. The van der Waals surface area contributed by atoms with Crippen molar-refractivity contribution in [1.29, 1.82) is 0 Å². The Labute approximate surface area is 179 Å². The quantitative estimate of drug-likeness (QED) is 0.434. The molecule has 30 heavy (non-hydrogen) atoms. The topological polar surface area (TPSA) is 34.5 Å². The van der Waals surface area contributed by atoms with Gasteiger partial charge in [-0.3, -0.25) is 4.99 Å². The molecular weight excluding hydrogens is 406 g/mol. The van der Waals surface area contributed by atoms with E-state index in [2.05, 4.69) is 9.98 Å². The van der Waals surface area contributed by atoms with Crippen LogP contribution in [0.2, 0.25) is 5.02 Å². The number of aliphatic imine (C=N–C) groups is 1. The SMILES string of the molecule is CCCOc1ccc(-c2ccc([C@H]3CCC(c4c(F)cccc4F)=N3)c(Cl)c2)cn1. The number of hydrogen-bond donors (Lipinski definition) is 0. The lowest BCUT2D eigenvalue weighted by Crippen LogP contribution is -2.03. The van der Waals surface area contributed by atoms with Crippen LogP contribution in [0.3, 0.4) is 0 Å². The summed E-state index contributed by atoms with van der Waals surface area (Å²) in [6.45, 7) is 2.68. The van der Waals surface area contributed by atoms with Gasteiger partial charge in [-0.05, 0) is 54.7 Å². The maximum absolute atomic E-state index is 14.1. The minimum absolute atomic E-state index is 0.0378. The van der Waals surface area contributed by atoms with E-state index in [1.807, 2.05) is 37.3 Å². The average Bonchev–Trinajstić information content (AvgIpc) is 3.22. The van der Waals surface area contributed by atoms with Gasteiger partial charge in [0.25, 0.3) is 0 Å². The van der Waals surface area contributed by atoms with E-state index in [1.165, 1.54) is 18.2 Å². The fraction of sp³-hybridized carbons (Fsp3) is 0.250. The molecule has 0 radical (unpaired) electrons. The highest BCUT2D eigenvalue weighted by molar-refractivity contribution is 6.31. The van der Waals surface area contributed by atoms with E-state index in [0.717, 1.165) is 23.1 Å². The minimum atomic E-state index is -0.588. The number of nitrogens with zero attached hydrogens (tertiary/aromatic N) is 2. The van der Waals surface area contributed by atoms with Crippen LogP contribution in [0.4, 0.5) is 8.78 Å². The lowest BCUT2D eigenvalue weighted by molar-refractivity contribution is 0.305. The highest BCUT2D eigenvalue weighted by Crippen LogP contribution is 2.37. The first kappa shape index (κ1) is 20.5. The molecule has 1 aromatic heterocycles. The highest BCUT2D eigenvalue weighted by Gasteiger charge is 2.25. The van der Waals surface area contributed by atoms with E-state index in [0.29, 0.717) is 36.1 Å². The molecule has 0 bridgehead atoms. The number of aromatic nitrogens is 1. The van der Waals surface area contributed by atoms with E-state index in [-0.39, 0.29) is 11.6 Å². The lowest BCUT2D eigenvalue weighted by atomic mass is 9.99. The van der Waals surface area contributed by atoms with Gasteiger partial charge in [0.05, 0.1) is 18.2 Å². The molecule has 0 fully saturated rings. The molecule has 1 aliphatic rings. The number of ether oxygens (including phenoxy) is 1. The Hall–Kier alpha value is -2.79. The van der Waals surface area contributed by atoms with Gasteiger partial charge >= 0.3 is 0 Å². The highest BCUT2D eigenvalue weighted by atomic mass is 35.5. The maximum atomic E-state index is 14.1. The van der Waals surface area contributed by atoms with E-state index < -0.39 is 11.6 Å². The van der Waals surface area contributed by atoms with Gasteiger partial charge in [-0.15, -0.1) is 0 Å². The van der Waals surface area contributed by atoms with Crippen LogP contribution in [0.1, 0.15) is 43.4 Å². The van der Waals surface area contributed by atoms with Crippen LogP contribution in [-0.2, 0) is 0 Å². The molecule has 154 valence electrons. The Bertz CT molecular complexity index is 1060. The van der Waals surface area contributed by atoms with E-state index in [1.54, 1.807) is 6.20 Å². The largest absolute Gasteiger partial charge is 0.478 e. The van der Waals surface area contributed by atoms with Crippen molar-refractivity contribution in [2.24, 2.45) is 4.99 Å². The summed E-state index contributed by atoms with van der Waals surface area (Å²) in [6, 6.07) is 13.2. The number of pyridine rings is 1.